The molecule has 0 saturated carbocycles. The van der Waals surface area contributed by atoms with Gasteiger partial charge in [0.05, 0.1) is 7.11 Å². The summed E-state index contributed by atoms with van der Waals surface area (Å²) in [5, 5.41) is 3.51. The molecule has 0 aliphatic heterocycles. The van der Waals surface area contributed by atoms with Crippen molar-refractivity contribution in [2.24, 2.45) is 0 Å². The van der Waals surface area contributed by atoms with Gasteiger partial charge in [-0.3, -0.25) is 0 Å². The number of pyridine rings is 1. The van der Waals surface area contributed by atoms with E-state index in [-0.39, 0.29) is 6.04 Å². The van der Waals surface area contributed by atoms with Crippen molar-refractivity contribution in [3.05, 3.63) is 53.2 Å². The zero-order chi connectivity index (χ0) is 15.2. The molecule has 0 amide bonds. The number of nitrogens with one attached hydrogen (secondary N) is 1. The lowest BCUT2D eigenvalue weighted by molar-refractivity contribution is 0.414. The summed E-state index contributed by atoms with van der Waals surface area (Å²) in [5.41, 5.74) is 9.58. The number of hydrogen-bond donors (Lipinski definition) is 2. The zero-order valence-corrected chi connectivity index (χ0v) is 12.9. The molecular weight excluding hydrogens is 262 g/mol. The minimum Gasteiger partial charge on any atom is -0.497 e. The van der Waals surface area contributed by atoms with Gasteiger partial charge in [0.1, 0.15) is 11.6 Å². The molecule has 1 heterocycles. The van der Waals surface area contributed by atoms with E-state index in [4.69, 9.17) is 10.5 Å². The van der Waals surface area contributed by atoms with Crippen molar-refractivity contribution in [1.29, 1.82) is 0 Å². The summed E-state index contributed by atoms with van der Waals surface area (Å²) in [6, 6.07) is 10.3. The lowest BCUT2D eigenvalue weighted by atomic mass is 9.96. The standard InChI is InChI=1S/C17H23N3O/c1-4-19-15(16-12(2)9-10-20-17(16)18)11-13-5-7-14(21-3)8-6-13/h5-10,15,19H,4,11H2,1-3H3,(H2,18,20). The first-order valence-corrected chi connectivity index (χ1v) is 7.23. The molecule has 0 spiro atoms. The highest BCUT2D eigenvalue weighted by Gasteiger charge is 2.17. The van der Waals surface area contributed by atoms with Crippen LogP contribution in [0.15, 0.2) is 36.5 Å². The van der Waals surface area contributed by atoms with Gasteiger partial charge in [-0.1, -0.05) is 19.1 Å². The summed E-state index contributed by atoms with van der Waals surface area (Å²) in [7, 11) is 1.68. The van der Waals surface area contributed by atoms with Crippen LogP contribution < -0.4 is 15.8 Å². The molecule has 4 nitrogen and oxygen atoms in total. The van der Waals surface area contributed by atoms with E-state index in [1.165, 1.54) is 11.1 Å². The summed E-state index contributed by atoms with van der Waals surface area (Å²) in [6.07, 6.45) is 2.62. The predicted molar refractivity (Wildman–Crippen MR) is 86.5 cm³/mol. The van der Waals surface area contributed by atoms with Gasteiger partial charge < -0.3 is 15.8 Å². The van der Waals surface area contributed by atoms with Gasteiger partial charge >= 0.3 is 0 Å². The highest BCUT2D eigenvalue weighted by molar-refractivity contribution is 5.46. The van der Waals surface area contributed by atoms with Crippen molar-refractivity contribution in [2.75, 3.05) is 19.4 Å². The Bertz CT molecular complexity index is 561. The molecule has 1 unspecified atom stereocenters. The number of nitrogens with zero attached hydrogens (tertiary/aromatic N) is 1. The Kier molecular flexibility index (Phi) is 5.17. The van der Waals surface area contributed by atoms with E-state index in [0.717, 1.165) is 24.3 Å². The maximum Gasteiger partial charge on any atom is 0.128 e. The van der Waals surface area contributed by atoms with E-state index in [1.54, 1.807) is 13.3 Å². The van der Waals surface area contributed by atoms with Crippen LogP contribution in [0.3, 0.4) is 0 Å². The van der Waals surface area contributed by atoms with Crippen molar-refractivity contribution in [3.8, 4) is 5.75 Å². The molecule has 0 radical (unpaired) electrons. The van der Waals surface area contributed by atoms with Gasteiger partial charge in [-0.25, -0.2) is 4.98 Å². The molecular formula is C17H23N3O. The monoisotopic (exact) mass is 285 g/mol. The van der Waals surface area contributed by atoms with Gasteiger partial charge in [0, 0.05) is 17.8 Å². The molecule has 0 saturated heterocycles. The van der Waals surface area contributed by atoms with Crippen LogP contribution in [0.4, 0.5) is 5.82 Å². The van der Waals surface area contributed by atoms with Crippen LogP contribution >= 0.6 is 0 Å². The van der Waals surface area contributed by atoms with E-state index in [2.05, 4.69) is 36.3 Å². The van der Waals surface area contributed by atoms with Crippen molar-refractivity contribution in [2.45, 2.75) is 26.3 Å². The minimum absolute atomic E-state index is 0.164. The molecule has 1 aromatic carbocycles. The second-order valence-corrected chi connectivity index (χ2v) is 5.09. The summed E-state index contributed by atoms with van der Waals surface area (Å²) in [4.78, 5) is 4.23. The van der Waals surface area contributed by atoms with Crippen LogP contribution in [0, 0.1) is 6.92 Å². The van der Waals surface area contributed by atoms with Gasteiger partial charge in [0.25, 0.3) is 0 Å². The van der Waals surface area contributed by atoms with E-state index in [0.29, 0.717) is 5.82 Å². The molecule has 112 valence electrons. The van der Waals surface area contributed by atoms with Gasteiger partial charge in [-0.05, 0) is 49.2 Å². The third-order valence-electron chi connectivity index (χ3n) is 3.64. The van der Waals surface area contributed by atoms with E-state index in [9.17, 15) is 0 Å². The average Bonchev–Trinajstić information content (AvgIpc) is 2.48. The fraction of sp³-hybridized carbons (Fsp3) is 0.353. The number of ether oxygens (including phenoxy) is 1. The number of nitrogens with two attached hydrogens (primary N) is 1. The first-order chi connectivity index (χ1) is 10.2. The fourth-order valence-electron chi connectivity index (χ4n) is 2.56. The summed E-state index contributed by atoms with van der Waals surface area (Å²) >= 11 is 0. The molecule has 2 aromatic rings. The van der Waals surface area contributed by atoms with Crippen molar-refractivity contribution < 1.29 is 4.74 Å². The van der Waals surface area contributed by atoms with Crippen molar-refractivity contribution in [1.82, 2.24) is 10.3 Å². The first kappa shape index (κ1) is 15.3. The number of likely N-dealkylation sites (N-methyl/N-ethyl adjacent to an activating group) is 1. The van der Waals surface area contributed by atoms with Gasteiger partial charge in [-0.15, -0.1) is 0 Å². The number of anilines is 1. The van der Waals surface area contributed by atoms with Gasteiger partial charge in [0.15, 0.2) is 0 Å². The van der Waals surface area contributed by atoms with Crippen LogP contribution in [0.2, 0.25) is 0 Å². The van der Waals surface area contributed by atoms with Crippen LogP contribution in [0.1, 0.15) is 29.7 Å². The number of aryl methyl sites for hydroxylation is 1. The first-order valence-electron chi connectivity index (χ1n) is 7.23. The maximum atomic E-state index is 6.08. The lowest BCUT2D eigenvalue weighted by Crippen LogP contribution is -2.25. The second-order valence-electron chi connectivity index (χ2n) is 5.09. The van der Waals surface area contributed by atoms with Crippen molar-refractivity contribution >= 4 is 5.82 Å². The predicted octanol–water partition coefficient (Wildman–Crippen LogP) is 2.87. The summed E-state index contributed by atoms with van der Waals surface area (Å²) in [5.74, 6) is 1.48. The molecule has 1 atom stereocenters. The van der Waals surface area contributed by atoms with Crippen LogP contribution in [0.25, 0.3) is 0 Å². The molecule has 4 heteroatoms. The smallest absolute Gasteiger partial charge is 0.128 e. The molecule has 0 bridgehead atoms. The molecule has 2 rings (SSSR count). The quantitative estimate of drug-likeness (QED) is 0.857. The normalized spacial score (nSPS) is 12.1. The van der Waals surface area contributed by atoms with Crippen LogP contribution in [-0.4, -0.2) is 18.6 Å². The topological polar surface area (TPSA) is 60.2 Å². The second kappa shape index (κ2) is 7.09. The van der Waals surface area contributed by atoms with E-state index in [1.807, 2.05) is 18.2 Å². The van der Waals surface area contributed by atoms with Gasteiger partial charge in [-0.2, -0.15) is 0 Å². The SMILES string of the molecule is CCNC(Cc1ccc(OC)cc1)c1c(C)ccnc1N. The third-order valence-corrected chi connectivity index (χ3v) is 3.64. The molecule has 0 aliphatic carbocycles. The Morgan fingerprint density at radius 2 is 1.95 bits per heavy atom. The molecule has 0 aliphatic rings. The van der Waals surface area contributed by atoms with Crippen molar-refractivity contribution in [3.63, 3.8) is 0 Å². The Morgan fingerprint density at radius 3 is 2.52 bits per heavy atom. The molecule has 3 N–H and O–H groups in total. The van der Waals surface area contributed by atoms with E-state index >= 15 is 0 Å². The highest BCUT2D eigenvalue weighted by Crippen LogP contribution is 2.26. The maximum absolute atomic E-state index is 6.08. The Hall–Kier alpha value is -2.07. The van der Waals surface area contributed by atoms with E-state index < -0.39 is 0 Å². The Balaban J connectivity index is 2.26. The zero-order valence-electron chi connectivity index (χ0n) is 12.9. The highest BCUT2D eigenvalue weighted by atomic mass is 16.5. The lowest BCUT2D eigenvalue weighted by Gasteiger charge is -2.21. The fourth-order valence-corrected chi connectivity index (χ4v) is 2.56. The minimum atomic E-state index is 0.164. The number of rotatable bonds is 6. The molecule has 21 heavy (non-hydrogen) atoms. The number of methoxy groups -OCH3 is 1. The summed E-state index contributed by atoms with van der Waals surface area (Å²) in [6.45, 7) is 5.06. The number of aromatic nitrogens is 1. The largest absolute Gasteiger partial charge is 0.497 e. The Labute approximate surface area is 126 Å². The van der Waals surface area contributed by atoms with Crippen LogP contribution in [-0.2, 0) is 6.42 Å². The molecule has 1 aromatic heterocycles. The number of benzene rings is 1. The van der Waals surface area contributed by atoms with Gasteiger partial charge in [0.2, 0.25) is 0 Å². The number of hydrogen-bond acceptors (Lipinski definition) is 4. The Morgan fingerprint density at radius 1 is 1.24 bits per heavy atom. The summed E-state index contributed by atoms with van der Waals surface area (Å²) < 4.78 is 5.20. The average molecular weight is 285 g/mol. The number of nitrogen functional groups attached to an aromatic ring is 1. The van der Waals surface area contributed by atoms with Crippen LogP contribution in [0.5, 0.6) is 5.75 Å². The third kappa shape index (κ3) is 3.73. The molecule has 0 fully saturated rings.